The molecule has 8 nitrogen and oxygen atoms in total. The second kappa shape index (κ2) is 5.01. The van der Waals surface area contributed by atoms with Crippen molar-refractivity contribution < 1.29 is 9.53 Å². The summed E-state index contributed by atoms with van der Waals surface area (Å²) in [5, 5.41) is 4.27. The Morgan fingerprint density at radius 3 is 3.00 bits per heavy atom. The maximum atomic E-state index is 12.8. The smallest absolute Gasteiger partial charge is 0.298 e. The van der Waals surface area contributed by atoms with E-state index in [1.165, 1.54) is 0 Å². The highest BCUT2D eigenvalue weighted by Gasteiger charge is 2.28. The van der Waals surface area contributed by atoms with Gasteiger partial charge in [-0.05, 0) is 31.5 Å². The van der Waals surface area contributed by atoms with E-state index in [2.05, 4.69) is 20.1 Å². The van der Waals surface area contributed by atoms with E-state index in [4.69, 9.17) is 4.74 Å². The summed E-state index contributed by atoms with van der Waals surface area (Å²) in [6.45, 7) is 4.62. The normalized spacial score (nSPS) is 13.7. The van der Waals surface area contributed by atoms with E-state index >= 15 is 0 Å². The quantitative estimate of drug-likeness (QED) is 0.671. The summed E-state index contributed by atoms with van der Waals surface area (Å²) < 4.78 is 7.07. The minimum Gasteiger partial charge on any atom is -0.474 e. The monoisotopic (exact) mass is 310 g/mol. The van der Waals surface area contributed by atoms with Crippen molar-refractivity contribution in [1.29, 1.82) is 0 Å². The number of pyridine rings is 1. The number of nitrogens with zero attached hydrogens (tertiary/aromatic N) is 6. The van der Waals surface area contributed by atoms with Crippen LogP contribution in [0.1, 0.15) is 21.9 Å². The van der Waals surface area contributed by atoms with Crippen molar-refractivity contribution in [2.24, 2.45) is 0 Å². The van der Waals surface area contributed by atoms with Crippen LogP contribution in [0, 0.1) is 13.8 Å². The Hall–Kier alpha value is -3.03. The fourth-order valence-corrected chi connectivity index (χ4v) is 2.53. The molecule has 0 aliphatic carbocycles. The SMILES string of the molecule is Cc1cnc2c(c1)N(C(=O)c1nc3nccc(C)n3n1)CCO2. The zero-order chi connectivity index (χ0) is 16.0. The minimum absolute atomic E-state index is 0.112. The van der Waals surface area contributed by atoms with Crippen LogP contribution >= 0.6 is 0 Å². The molecule has 0 bridgehead atoms. The number of hydrogen-bond acceptors (Lipinski definition) is 6. The summed E-state index contributed by atoms with van der Waals surface area (Å²) in [6, 6.07) is 3.69. The molecule has 0 aromatic carbocycles. The largest absolute Gasteiger partial charge is 0.474 e. The molecule has 116 valence electrons. The average molecular weight is 310 g/mol. The van der Waals surface area contributed by atoms with Gasteiger partial charge in [-0.15, -0.1) is 5.10 Å². The molecule has 3 aromatic rings. The van der Waals surface area contributed by atoms with Crippen LogP contribution in [0.3, 0.4) is 0 Å². The van der Waals surface area contributed by atoms with Crippen molar-refractivity contribution in [3.63, 3.8) is 0 Å². The maximum Gasteiger partial charge on any atom is 0.298 e. The predicted octanol–water partition coefficient (Wildman–Crippen LogP) is 1.18. The third-order valence-corrected chi connectivity index (χ3v) is 3.68. The van der Waals surface area contributed by atoms with E-state index in [0.29, 0.717) is 30.5 Å². The number of carbonyl (C=O) groups excluding carboxylic acids is 1. The van der Waals surface area contributed by atoms with E-state index < -0.39 is 0 Å². The molecule has 0 spiro atoms. The Morgan fingerprint density at radius 1 is 1.30 bits per heavy atom. The number of amides is 1. The van der Waals surface area contributed by atoms with Gasteiger partial charge in [0.05, 0.1) is 6.54 Å². The highest BCUT2D eigenvalue weighted by molar-refractivity contribution is 6.04. The summed E-state index contributed by atoms with van der Waals surface area (Å²) in [5.74, 6) is 0.686. The maximum absolute atomic E-state index is 12.8. The van der Waals surface area contributed by atoms with Crippen LogP contribution in [-0.4, -0.2) is 43.6 Å². The number of anilines is 1. The zero-order valence-electron chi connectivity index (χ0n) is 12.7. The molecule has 0 fully saturated rings. The number of carbonyl (C=O) groups is 1. The molecule has 4 rings (SSSR count). The molecule has 1 aliphatic heterocycles. The fourth-order valence-electron chi connectivity index (χ4n) is 2.53. The van der Waals surface area contributed by atoms with Gasteiger partial charge in [0.15, 0.2) is 0 Å². The molecule has 8 heteroatoms. The first kappa shape index (κ1) is 13.6. The van der Waals surface area contributed by atoms with Gasteiger partial charge in [-0.3, -0.25) is 9.69 Å². The van der Waals surface area contributed by atoms with E-state index in [0.717, 1.165) is 11.3 Å². The van der Waals surface area contributed by atoms with Gasteiger partial charge < -0.3 is 4.74 Å². The molecule has 0 atom stereocenters. The second-order valence-corrected chi connectivity index (χ2v) is 5.38. The number of aromatic nitrogens is 5. The molecule has 0 unspecified atom stereocenters. The number of fused-ring (bicyclic) bond motifs is 2. The number of ether oxygens (including phenoxy) is 1. The molecule has 0 saturated carbocycles. The molecule has 0 N–H and O–H groups in total. The van der Waals surface area contributed by atoms with E-state index in [1.54, 1.807) is 21.8 Å². The number of hydrogen-bond donors (Lipinski definition) is 0. The van der Waals surface area contributed by atoms with Crippen molar-refractivity contribution in [3.8, 4) is 5.88 Å². The average Bonchev–Trinajstić information content (AvgIpc) is 2.99. The van der Waals surface area contributed by atoms with E-state index in [1.807, 2.05) is 26.0 Å². The standard InChI is InChI=1S/C15H14N6O2/c1-9-7-11-13(17-8-9)23-6-5-20(11)14(22)12-18-15-16-4-3-10(2)21(15)19-12/h3-4,7-8H,5-6H2,1-2H3. The van der Waals surface area contributed by atoms with Gasteiger partial charge in [-0.1, -0.05) is 0 Å². The van der Waals surface area contributed by atoms with Gasteiger partial charge in [-0.2, -0.15) is 4.98 Å². The topological polar surface area (TPSA) is 85.5 Å². The first-order chi connectivity index (χ1) is 11.1. The molecular formula is C15H14N6O2. The van der Waals surface area contributed by atoms with E-state index in [9.17, 15) is 4.79 Å². The van der Waals surface area contributed by atoms with Crippen molar-refractivity contribution in [3.05, 3.63) is 41.6 Å². The van der Waals surface area contributed by atoms with Crippen LogP contribution in [0.2, 0.25) is 0 Å². The van der Waals surface area contributed by atoms with Gasteiger partial charge in [0.25, 0.3) is 11.7 Å². The lowest BCUT2D eigenvalue weighted by molar-refractivity contribution is 0.0966. The summed E-state index contributed by atoms with van der Waals surface area (Å²) in [5.41, 5.74) is 2.46. The highest BCUT2D eigenvalue weighted by atomic mass is 16.5. The Kier molecular flexibility index (Phi) is 2.97. The lowest BCUT2D eigenvalue weighted by Crippen LogP contribution is -2.38. The summed E-state index contributed by atoms with van der Waals surface area (Å²) in [4.78, 5) is 27.0. The van der Waals surface area contributed by atoms with Crippen LogP contribution < -0.4 is 9.64 Å². The van der Waals surface area contributed by atoms with Gasteiger partial charge in [0, 0.05) is 18.1 Å². The van der Waals surface area contributed by atoms with Crippen molar-refractivity contribution in [1.82, 2.24) is 24.6 Å². The molecule has 0 saturated heterocycles. The fraction of sp³-hybridized carbons (Fsp3) is 0.267. The molecule has 1 amide bonds. The summed E-state index contributed by atoms with van der Waals surface area (Å²) in [6.07, 6.45) is 3.36. The molecule has 4 heterocycles. The lowest BCUT2D eigenvalue weighted by atomic mass is 10.2. The predicted molar refractivity (Wildman–Crippen MR) is 81.7 cm³/mol. The van der Waals surface area contributed by atoms with Crippen LogP contribution in [0.15, 0.2) is 24.5 Å². The Balaban J connectivity index is 1.77. The molecule has 3 aromatic heterocycles. The molecule has 1 aliphatic rings. The van der Waals surface area contributed by atoms with Gasteiger partial charge in [0.1, 0.15) is 12.3 Å². The third kappa shape index (κ3) is 2.19. The Morgan fingerprint density at radius 2 is 2.17 bits per heavy atom. The molecular weight excluding hydrogens is 296 g/mol. The van der Waals surface area contributed by atoms with Crippen molar-refractivity contribution in [2.45, 2.75) is 13.8 Å². The first-order valence-electron chi connectivity index (χ1n) is 7.23. The van der Waals surface area contributed by atoms with Crippen LogP contribution in [0.25, 0.3) is 5.78 Å². The molecule has 0 radical (unpaired) electrons. The first-order valence-corrected chi connectivity index (χ1v) is 7.23. The van der Waals surface area contributed by atoms with Crippen molar-refractivity contribution in [2.75, 3.05) is 18.1 Å². The Labute approximate surface area is 131 Å². The van der Waals surface area contributed by atoms with Gasteiger partial charge in [0.2, 0.25) is 11.7 Å². The van der Waals surface area contributed by atoms with Crippen LogP contribution in [-0.2, 0) is 0 Å². The van der Waals surface area contributed by atoms with Gasteiger partial charge in [-0.25, -0.2) is 14.5 Å². The van der Waals surface area contributed by atoms with Gasteiger partial charge >= 0.3 is 0 Å². The summed E-state index contributed by atoms with van der Waals surface area (Å²) >= 11 is 0. The summed E-state index contributed by atoms with van der Waals surface area (Å²) in [7, 11) is 0. The number of aryl methyl sites for hydroxylation is 2. The zero-order valence-corrected chi connectivity index (χ0v) is 12.7. The number of rotatable bonds is 1. The van der Waals surface area contributed by atoms with Crippen LogP contribution in [0.5, 0.6) is 5.88 Å². The lowest BCUT2D eigenvalue weighted by Gasteiger charge is -2.27. The third-order valence-electron chi connectivity index (χ3n) is 3.68. The van der Waals surface area contributed by atoms with E-state index in [-0.39, 0.29) is 11.7 Å². The second-order valence-electron chi connectivity index (χ2n) is 5.38. The highest BCUT2D eigenvalue weighted by Crippen LogP contribution is 2.30. The molecule has 23 heavy (non-hydrogen) atoms. The van der Waals surface area contributed by atoms with Crippen LogP contribution in [0.4, 0.5) is 5.69 Å². The Bertz CT molecular complexity index is 919. The van der Waals surface area contributed by atoms with Crippen molar-refractivity contribution >= 4 is 17.4 Å². The minimum atomic E-state index is -0.285.